The van der Waals surface area contributed by atoms with Crippen LogP contribution in [0.15, 0.2) is 36.4 Å². The van der Waals surface area contributed by atoms with E-state index in [0.29, 0.717) is 30.0 Å². The van der Waals surface area contributed by atoms with Crippen LogP contribution in [0.2, 0.25) is 0 Å². The highest BCUT2D eigenvalue weighted by atomic mass is 19.3. The number of Topliss-reactive ketones (excluding diaryl/α,β-unsaturated/α-hetero) is 1. The van der Waals surface area contributed by atoms with Crippen molar-refractivity contribution in [3.63, 3.8) is 0 Å². The van der Waals surface area contributed by atoms with Gasteiger partial charge >= 0.3 is 6.29 Å². The first-order valence-corrected chi connectivity index (χ1v) is 11.0. The summed E-state index contributed by atoms with van der Waals surface area (Å²) in [6.45, 7) is 5.89. The lowest BCUT2D eigenvalue weighted by Gasteiger charge is -2.17. The van der Waals surface area contributed by atoms with Gasteiger partial charge in [0.25, 0.3) is 0 Å². The number of carbonyl (C=O) groups excluding carboxylic acids is 1. The Morgan fingerprint density at radius 3 is 2.44 bits per heavy atom. The number of halogens is 2. The highest BCUT2D eigenvalue weighted by molar-refractivity contribution is 5.94. The molecule has 2 aromatic heterocycles. The number of methoxy groups -OCH3 is 1. The number of fused-ring (bicyclic) bond motifs is 1. The summed E-state index contributed by atoms with van der Waals surface area (Å²) in [5.41, 5.74) is 5.11. The summed E-state index contributed by atoms with van der Waals surface area (Å²) >= 11 is 0. The Balaban J connectivity index is 1.44. The maximum absolute atomic E-state index is 13.4. The monoisotopic (exact) mass is 466 g/mol. The molecule has 5 rings (SSSR count). The van der Waals surface area contributed by atoms with E-state index in [1.54, 1.807) is 19.2 Å². The summed E-state index contributed by atoms with van der Waals surface area (Å²) in [4.78, 5) is 22.7. The minimum atomic E-state index is -3.68. The molecule has 0 atom stereocenters. The highest BCUT2D eigenvalue weighted by Crippen LogP contribution is 2.52. The van der Waals surface area contributed by atoms with Gasteiger partial charge in [0, 0.05) is 23.7 Å². The third-order valence-electron chi connectivity index (χ3n) is 6.69. The van der Waals surface area contributed by atoms with Crippen molar-refractivity contribution in [3.8, 4) is 28.6 Å². The lowest BCUT2D eigenvalue weighted by Crippen LogP contribution is -2.26. The van der Waals surface area contributed by atoms with Crippen LogP contribution in [-0.2, 0) is 16.6 Å². The van der Waals surface area contributed by atoms with Gasteiger partial charge in [-0.15, -0.1) is 8.78 Å². The lowest BCUT2D eigenvalue weighted by molar-refractivity contribution is -0.286. The number of pyridine rings is 2. The second kappa shape index (κ2) is 7.75. The van der Waals surface area contributed by atoms with Crippen LogP contribution in [0.4, 0.5) is 8.78 Å². The number of ketones is 1. The summed E-state index contributed by atoms with van der Waals surface area (Å²) in [6, 6.07) is 10.2. The molecule has 1 aliphatic heterocycles. The first kappa shape index (κ1) is 22.3. The Bertz CT molecular complexity index is 1320. The van der Waals surface area contributed by atoms with Crippen molar-refractivity contribution in [2.45, 2.75) is 51.7 Å². The molecule has 1 fully saturated rings. The number of aromatic nitrogens is 2. The molecule has 0 N–H and O–H groups in total. The Morgan fingerprint density at radius 2 is 1.76 bits per heavy atom. The van der Waals surface area contributed by atoms with Gasteiger partial charge in [-0.25, -0.2) is 4.98 Å². The fraction of sp³-hybridized carbons (Fsp3) is 0.346. The van der Waals surface area contributed by atoms with Gasteiger partial charge in [0.2, 0.25) is 5.88 Å². The third-order valence-corrected chi connectivity index (χ3v) is 6.69. The fourth-order valence-corrected chi connectivity index (χ4v) is 4.49. The van der Waals surface area contributed by atoms with Crippen molar-refractivity contribution in [1.82, 2.24) is 9.97 Å². The van der Waals surface area contributed by atoms with Gasteiger partial charge in [0.1, 0.15) is 5.78 Å². The predicted molar refractivity (Wildman–Crippen MR) is 120 cm³/mol. The fourth-order valence-electron chi connectivity index (χ4n) is 4.49. The van der Waals surface area contributed by atoms with Gasteiger partial charge in [-0.05, 0) is 74.6 Å². The van der Waals surface area contributed by atoms with Gasteiger partial charge in [-0.2, -0.15) is 0 Å². The summed E-state index contributed by atoms with van der Waals surface area (Å²) in [5.74, 6) is 0.458. The molecule has 0 saturated heterocycles. The molecule has 3 heterocycles. The molecule has 0 bridgehead atoms. The first-order chi connectivity index (χ1) is 16.1. The van der Waals surface area contributed by atoms with Gasteiger partial charge < -0.3 is 14.2 Å². The smallest absolute Gasteiger partial charge is 0.481 e. The molecule has 2 aliphatic rings. The standard InChI is InChI=1S/C26H24F2N2O4/c1-14-11-18(30-24(15(14)2)19-6-8-23(32-4)29-16(19)3)13-22(31)25(9-10-25)17-5-7-20-21(12-17)34-26(27,28)33-20/h5-8,11-12H,9-10,13H2,1-4H3. The Kier molecular flexibility index (Phi) is 5.07. The number of carbonyl (C=O) groups is 1. The highest BCUT2D eigenvalue weighted by Gasteiger charge is 2.52. The Morgan fingerprint density at radius 1 is 1.03 bits per heavy atom. The molecule has 8 heteroatoms. The Labute approximate surface area is 195 Å². The van der Waals surface area contributed by atoms with Crippen LogP contribution >= 0.6 is 0 Å². The van der Waals surface area contributed by atoms with E-state index in [4.69, 9.17) is 9.72 Å². The largest absolute Gasteiger partial charge is 0.586 e. The molecular weight excluding hydrogens is 442 g/mol. The molecule has 176 valence electrons. The zero-order chi connectivity index (χ0) is 24.3. The summed E-state index contributed by atoms with van der Waals surface area (Å²) < 4.78 is 41.1. The number of hydrogen-bond donors (Lipinski definition) is 0. The zero-order valence-electron chi connectivity index (χ0n) is 19.4. The molecule has 34 heavy (non-hydrogen) atoms. The molecular formula is C26H24F2N2O4. The molecule has 1 aromatic carbocycles. The van der Waals surface area contributed by atoms with E-state index in [-0.39, 0.29) is 23.7 Å². The Hall–Kier alpha value is -3.55. The van der Waals surface area contributed by atoms with E-state index < -0.39 is 11.7 Å². The van der Waals surface area contributed by atoms with Crippen LogP contribution in [0.1, 0.15) is 40.9 Å². The van der Waals surface area contributed by atoms with E-state index in [0.717, 1.165) is 28.1 Å². The minimum absolute atomic E-state index is 0.00408. The number of nitrogens with zero attached hydrogens (tertiary/aromatic N) is 2. The summed E-state index contributed by atoms with van der Waals surface area (Å²) in [7, 11) is 1.57. The maximum Gasteiger partial charge on any atom is 0.586 e. The van der Waals surface area contributed by atoms with Crippen molar-refractivity contribution in [2.75, 3.05) is 7.11 Å². The van der Waals surface area contributed by atoms with Crippen molar-refractivity contribution >= 4 is 5.78 Å². The number of benzene rings is 1. The van der Waals surface area contributed by atoms with E-state index in [2.05, 4.69) is 14.5 Å². The van der Waals surface area contributed by atoms with Crippen molar-refractivity contribution in [3.05, 3.63) is 64.5 Å². The topological polar surface area (TPSA) is 70.5 Å². The van der Waals surface area contributed by atoms with Gasteiger partial charge in [0.15, 0.2) is 11.5 Å². The van der Waals surface area contributed by atoms with Gasteiger partial charge in [-0.3, -0.25) is 9.78 Å². The van der Waals surface area contributed by atoms with Crippen LogP contribution in [0.5, 0.6) is 17.4 Å². The number of aryl methyl sites for hydroxylation is 2. The SMILES string of the molecule is COc1ccc(-c2nc(CC(=O)C3(c4ccc5c(c4)OC(F)(F)O5)CC3)cc(C)c2C)c(C)n1. The molecule has 0 spiro atoms. The van der Waals surface area contributed by atoms with Crippen LogP contribution in [0.25, 0.3) is 11.3 Å². The van der Waals surface area contributed by atoms with Crippen LogP contribution in [-0.4, -0.2) is 29.2 Å². The van der Waals surface area contributed by atoms with Gasteiger partial charge in [0.05, 0.1) is 23.9 Å². The normalized spacial score (nSPS) is 16.9. The molecule has 3 aromatic rings. The minimum Gasteiger partial charge on any atom is -0.481 e. The molecule has 0 amide bonds. The van der Waals surface area contributed by atoms with Crippen LogP contribution < -0.4 is 14.2 Å². The van der Waals surface area contributed by atoms with Crippen LogP contribution in [0.3, 0.4) is 0 Å². The second-order valence-corrected chi connectivity index (χ2v) is 8.90. The molecule has 0 radical (unpaired) electrons. The van der Waals surface area contributed by atoms with E-state index in [9.17, 15) is 13.6 Å². The second-order valence-electron chi connectivity index (χ2n) is 8.90. The average molecular weight is 466 g/mol. The summed E-state index contributed by atoms with van der Waals surface area (Å²) in [6.07, 6.45) is -2.24. The van der Waals surface area contributed by atoms with Crippen LogP contribution in [0, 0.1) is 20.8 Å². The number of ether oxygens (including phenoxy) is 3. The molecule has 1 saturated carbocycles. The predicted octanol–water partition coefficient (Wildman–Crippen LogP) is 5.24. The molecule has 1 aliphatic carbocycles. The van der Waals surface area contributed by atoms with Crippen molar-refractivity contribution in [1.29, 1.82) is 0 Å². The van der Waals surface area contributed by atoms with E-state index >= 15 is 0 Å². The van der Waals surface area contributed by atoms with E-state index in [1.165, 1.54) is 12.1 Å². The average Bonchev–Trinajstić information content (AvgIpc) is 3.53. The summed E-state index contributed by atoms with van der Waals surface area (Å²) in [5, 5.41) is 0. The first-order valence-electron chi connectivity index (χ1n) is 11.0. The zero-order valence-corrected chi connectivity index (χ0v) is 19.4. The maximum atomic E-state index is 13.4. The lowest BCUT2D eigenvalue weighted by atomic mass is 9.88. The number of rotatable bonds is 6. The van der Waals surface area contributed by atoms with E-state index in [1.807, 2.05) is 32.9 Å². The van der Waals surface area contributed by atoms with Crippen molar-refractivity contribution < 1.29 is 27.8 Å². The quantitative estimate of drug-likeness (QED) is 0.495. The number of hydrogen-bond acceptors (Lipinski definition) is 6. The number of alkyl halides is 2. The molecule has 0 unspecified atom stereocenters. The van der Waals surface area contributed by atoms with Gasteiger partial charge in [-0.1, -0.05) is 6.07 Å². The van der Waals surface area contributed by atoms with Crippen molar-refractivity contribution in [2.24, 2.45) is 0 Å². The molecule has 6 nitrogen and oxygen atoms in total. The third kappa shape index (κ3) is 3.77.